The number of nitrogens with one attached hydrogen (secondary N) is 4. The molecule has 508 valence electrons. The molecule has 0 fully saturated rings. The Labute approximate surface area is 528 Å². The number of carbonyl (C=O) groups is 3. The van der Waals surface area contributed by atoms with Crippen molar-refractivity contribution < 1.29 is 29.7 Å². The SMILES string of the molecule is CCCCCCCCCCCCCCCCNC(=O)CCN(CCCN(CCC)CCO)CCC(=O)NCCCCCCCCCCCCCCCC.CCCCCCCCCCCCCCCCNC(=O)CCNCCCN(CCO)CCO. The number of nitrogens with zero attached hydrogens (tertiary/aromatic N) is 3. The topological polar surface area (TPSA) is 170 Å². The fourth-order valence-electron chi connectivity index (χ4n) is 11.4. The quantitative estimate of drug-likeness (QED) is 0.0291. The molecule has 85 heavy (non-hydrogen) atoms. The zero-order chi connectivity index (χ0) is 62.3. The first-order valence-electron chi connectivity index (χ1n) is 37.3. The van der Waals surface area contributed by atoms with Crippen LogP contribution < -0.4 is 21.3 Å². The van der Waals surface area contributed by atoms with Crippen molar-refractivity contribution in [3.05, 3.63) is 0 Å². The number of unbranched alkanes of at least 4 members (excludes halogenated alkanes) is 39. The van der Waals surface area contributed by atoms with Gasteiger partial charge in [-0.05, 0) is 71.2 Å². The number of hydrogen-bond donors (Lipinski definition) is 7. The molecule has 13 heteroatoms. The molecule has 0 spiro atoms. The molecule has 0 aromatic heterocycles. The van der Waals surface area contributed by atoms with Gasteiger partial charge in [0.05, 0.1) is 19.8 Å². The number of aliphatic hydroxyl groups is 3. The lowest BCUT2D eigenvalue weighted by Gasteiger charge is -2.25. The third-order valence-corrected chi connectivity index (χ3v) is 17.0. The fraction of sp³-hybridized carbons (Fsp3) is 0.958. The molecule has 0 aromatic carbocycles. The number of aliphatic hydroxyl groups excluding tert-OH is 3. The summed E-state index contributed by atoms with van der Waals surface area (Å²) in [6, 6.07) is 0. The molecular weight excluding hydrogens is 1060 g/mol. The Kier molecular flexibility index (Phi) is 74.8. The van der Waals surface area contributed by atoms with Crippen molar-refractivity contribution in [1.29, 1.82) is 0 Å². The van der Waals surface area contributed by atoms with E-state index in [1.165, 1.54) is 250 Å². The summed E-state index contributed by atoms with van der Waals surface area (Å²) in [7, 11) is 0. The van der Waals surface area contributed by atoms with Gasteiger partial charge < -0.3 is 46.4 Å². The molecule has 0 aliphatic carbocycles. The van der Waals surface area contributed by atoms with Crippen LogP contribution in [-0.2, 0) is 14.4 Å². The Morgan fingerprint density at radius 1 is 0.235 bits per heavy atom. The zero-order valence-corrected chi connectivity index (χ0v) is 57.4. The summed E-state index contributed by atoms with van der Waals surface area (Å²) in [5.41, 5.74) is 0. The van der Waals surface area contributed by atoms with E-state index in [2.05, 4.69) is 58.8 Å². The Bertz CT molecular complexity index is 1260. The molecule has 0 bridgehead atoms. The maximum absolute atomic E-state index is 12.7. The average Bonchev–Trinajstić information content (AvgIpc) is 3.50. The van der Waals surface area contributed by atoms with E-state index in [0.29, 0.717) is 58.5 Å². The monoisotopic (exact) mass is 1210 g/mol. The van der Waals surface area contributed by atoms with Crippen molar-refractivity contribution in [3.8, 4) is 0 Å². The Balaban J connectivity index is 0. The predicted octanol–water partition coefficient (Wildman–Crippen LogP) is 15.6. The van der Waals surface area contributed by atoms with Gasteiger partial charge in [0, 0.05) is 78.2 Å². The molecule has 0 aromatic rings. The molecule has 0 rings (SSSR count). The van der Waals surface area contributed by atoms with E-state index in [9.17, 15) is 19.5 Å². The first kappa shape index (κ1) is 85.2. The maximum Gasteiger partial charge on any atom is 0.221 e. The molecule has 0 aliphatic rings. The molecule has 0 unspecified atom stereocenters. The average molecular weight is 1210 g/mol. The minimum absolute atomic E-state index is 0.118. The van der Waals surface area contributed by atoms with Gasteiger partial charge in [-0.25, -0.2) is 0 Å². The van der Waals surface area contributed by atoms with Crippen LogP contribution in [0.3, 0.4) is 0 Å². The van der Waals surface area contributed by atoms with Gasteiger partial charge in [0.1, 0.15) is 0 Å². The summed E-state index contributed by atoms with van der Waals surface area (Å²) in [6.45, 7) is 20.2. The summed E-state index contributed by atoms with van der Waals surface area (Å²) in [5.74, 6) is 0.383. The van der Waals surface area contributed by atoms with Crippen molar-refractivity contribution in [2.75, 3.05) is 111 Å². The van der Waals surface area contributed by atoms with E-state index in [1.807, 2.05) is 4.90 Å². The number of rotatable bonds is 70. The molecule has 13 nitrogen and oxygen atoms in total. The van der Waals surface area contributed by atoms with Crippen LogP contribution in [-0.4, -0.2) is 159 Å². The molecule has 0 radical (unpaired) electrons. The van der Waals surface area contributed by atoms with Gasteiger partial charge in [0.15, 0.2) is 0 Å². The highest BCUT2D eigenvalue weighted by atomic mass is 16.3. The normalized spacial score (nSPS) is 11.5. The molecule has 7 N–H and O–H groups in total. The largest absolute Gasteiger partial charge is 0.395 e. The Hall–Kier alpha value is -1.87. The summed E-state index contributed by atoms with van der Waals surface area (Å²) < 4.78 is 0. The number of carbonyl (C=O) groups excluding carboxylic acids is 3. The van der Waals surface area contributed by atoms with Gasteiger partial charge >= 0.3 is 0 Å². The molecular formula is C72H149N7O6. The van der Waals surface area contributed by atoms with Crippen molar-refractivity contribution in [2.24, 2.45) is 0 Å². The number of amides is 3. The van der Waals surface area contributed by atoms with Crippen LogP contribution in [0.25, 0.3) is 0 Å². The third kappa shape index (κ3) is 71.1. The van der Waals surface area contributed by atoms with Gasteiger partial charge in [-0.2, -0.15) is 0 Å². The molecule has 0 saturated carbocycles. The fourth-order valence-corrected chi connectivity index (χ4v) is 11.4. The minimum atomic E-state index is 0.118. The van der Waals surface area contributed by atoms with Crippen LogP contribution in [0.1, 0.15) is 336 Å². The highest BCUT2D eigenvalue weighted by molar-refractivity contribution is 5.77. The summed E-state index contributed by atoms with van der Waals surface area (Å²) in [4.78, 5) is 43.9. The highest BCUT2D eigenvalue weighted by Gasteiger charge is 2.13. The van der Waals surface area contributed by atoms with Gasteiger partial charge in [-0.3, -0.25) is 19.3 Å². The second-order valence-electron chi connectivity index (χ2n) is 25.2. The third-order valence-electron chi connectivity index (χ3n) is 17.0. The smallest absolute Gasteiger partial charge is 0.221 e. The second kappa shape index (κ2) is 74.6. The first-order chi connectivity index (χ1) is 41.8. The van der Waals surface area contributed by atoms with E-state index in [4.69, 9.17) is 10.2 Å². The van der Waals surface area contributed by atoms with E-state index in [0.717, 1.165) is 90.9 Å². The molecule has 0 atom stereocenters. The van der Waals surface area contributed by atoms with Crippen LogP contribution in [0, 0.1) is 0 Å². The van der Waals surface area contributed by atoms with Crippen LogP contribution in [0.15, 0.2) is 0 Å². The van der Waals surface area contributed by atoms with E-state index >= 15 is 0 Å². The molecule has 0 saturated heterocycles. The van der Waals surface area contributed by atoms with Gasteiger partial charge in [-0.1, -0.05) is 278 Å². The molecule has 0 aliphatic heterocycles. The second-order valence-corrected chi connectivity index (χ2v) is 25.2. The van der Waals surface area contributed by atoms with Crippen LogP contribution >= 0.6 is 0 Å². The zero-order valence-electron chi connectivity index (χ0n) is 57.4. The van der Waals surface area contributed by atoms with E-state index in [1.54, 1.807) is 0 Å². The summed E-state index contributed by atoms with van der Waals surface area (Å²) >= 11 is 0. The van der Waals surface area contributed by atoms with Gasteiger partial charge in [0.2, 0.25) is 17.7 Å². The van der Waals surface area contributed by atoms with Crippen LogP contribution in [0.2, 0.25) is 0 Å². The lowest BCUT2D eigenvalue weighted by Crippen LogP contribution is -2.37. The maximum atomic E-state index is 12.7. The first-order valence-corrected chi connectivity index (χ1v) is 37.3. The Morgan fingerprint density at radius 3 is 0.765 bits per heavy atom. The van der Waals surface area contributed by atoms with Crippen molar-refractivity contribution in [2.45, 2.75) is 336 Å². The number of hydrogen-bond acceptors (Lipinski definition) is 10. The standard InChI is InChI=1S/C46H94N4O3.C26H55N3O3/c1-4-7-9-11-13-15-17-19-21-23-25-27-29-31-36-47-45(52)34-41-50(40-33-39-49(38-6-3)43-44-51)42-35-46(53)48-37-32-30-28-26-24-22-20-18-16-14-12-10-8-5-2;1-2-3-4-5-6-7-8-9-10-11-12-13-14-15-19-28-26(32)17-20-27-18-16-21-29(22-24-30)23-25-31/h51H,4-44H2,1-3H3,(H,47,52)(H,48,53);27,30-31H,2-25H2,1H3,(H,28,32). The molecule has 3 amide bonds. The Morgan fingerprint density at radius 2 is 0.482 bits per heavy atom. The van der Waals surface area contributed by atoms with Gasteiger partial charge in [0.25, 0.3) is 0 Å². The van der Waals surface area contributed by atoms with Crippen LogP contribution in [0.5, 0.6) is 0 Å². The van der Waals surface area contributed by atoms with Crippen molar-refractivity contribution in [3.63, 3.8) is 0 Å². The molecule has 0 heterocycles. The minimum Gasteiger partial charge on any atom is -0.395 e. The van der Waals surface area contributed by atoms with E-state index < -0.39 is 0 Å². The summed E-state index contributed by atoms with van der Waals surface area (Å²) in [6.07, 6.45) is 61.0. The van der Waals surface area contributed by atoms with Crippen molar-refractivity contribution >= 4 is 17.7 Å². The predicted molar refractivity (Wildman–Crippen MR) is 367 cm³/mol. The highest BCUT2D eigenvalue weighted by Crippen LogP contribution is 2.16. The van der Waals surface area contributed by atoms with Crippen molar-refractivity contribution in [1.82, 2.24) is 36.0 Å². The van der Waals surface area contributed by atoms with Crippen LogP contribution in [0.4, 0.5) is 0 Å². The van der Waals surface area contributed by atoms with Gasteiger partial charge in [-0.15, -0.1) is 0 Å². The summed E-state index contributed by atoms with van der Waals surface area (Å²) in [5, 5.41) is 40.0. The van der Waals surface area contributed by atoms with E-state index in [-0.39, 0.29) is 37.5 Å². The lowest BCUT2D eigenvalue weighted by atomic mass is 10.0. The lowest BCUT2D eigenvalue weighted by molar-refractivity contribution is -0.122.